The molecule has 0 spiro atoms. The van der Waals surface area contributed by atoms with E-state index in [1.54, 1.807) is 6.08 Å². The first-order chi connectivity index (χ1) is 9.27. The lowest BCUT2D eigenvalue weighted by atomic mass is 10.1. The Kier molecular flexibility index (Phi) is 4.61. The van der Waals surface area contributed by atoms with Gasteiger partial charge in [-0.2, -0.15) is 0 Å². The van der Waals surface area contributed by atoms with Crippen LogP contribution in [0.15, 0.2) is 36.9 Å². The molecule has 1 aliphatic carbocycles. The van der Waals surface area contributed by atoms with Crippen molar-refractivity contribution in [1.82, 2.24) is 4.90 Å². The van der Waals surface area contributed by atoms with E-state index in [4.69, 9.17) is 0 Å². The second kappa shape index (κ2) is 6.41. The number of benzene rings is 1. The Morgan fingerprint density at radius 3 is 2.84 bits per heavy atom. The number of para-hydroxylation sites is 1. The molecule has 1 amide bonds. The fourth-order valence-corrected chi connectivity index (χ4v) is 2.16. The smallest absolute Gasteiger partial charge is 0.256 e. The zero-order valence-electron chi connectivity index (χ0n) is 11.6. The van der Waals surface area contributed by atoms with Crippen LogP contribution < -0.4 is 5.32 Å². The standard InChI is InChI=1S/C16H22N2O/c1-3-11-17-15-8-6-5-7-14(15)16(19)18(12-4-2)13-9-10-13/h4-8,13,17H,2-3,9-12H2,1H3. The third-order valence-electron chi connectivity index (χ3n) is 3.30. The number of nitrogens with one attached hydrogen (secondary N) is 1. The highest BCUT2D eigenvalue weighted by Crippen LogP contribution is 2.29. The van der Waals surface area contributed by atoms with Crippen LogP contribution in [0.4, 0.5) is 5.69 Å². The molecule has 2 rings (SSSR count). The van der Waals surface area contributed by atoms with E-state index in [0.717, 1.165) is 37.1 Å². The second-order valence-electron chi connectivity index (χ2n) is 4.95. The summed E-state index contributed by atoms with van der Waals surface area (Å²) >= 11 is 0. The molecule has 0 radical (unpaired) electrons. The van der Waals surface area contributed by atoms with Crippen LogP contribution in [0.25, 0.3) is 0 Å². The van der Waals surface area contributed by atoms with Gasteiger partial charge in [-0.05, 0) is 31.4 Å². The predicted molar refractivity (Wildman–Crippen MR) is 79.5 cm³/mol. The van der Waals surface area contributed by atoms with E-state index in [0.29, 0.717) is 12.6 Å². The maximum absolute atomic E-state index is 12.6. The zero-order chi connectivity index (χ0) is 13.7. The summed E-state index contributed by atoms with van der Waals surface area (Å²) in [4.78, 5) is 14.6. The summed E-state index contributed by atoms with van der Waals surface area (Å²) in [7, 11) is 0. The normalized spacial score (nSPS) is 13.9. The molecule has 1 saturated carbocycles. The summed E-state index contributed by atoms with van der Waals surface area (Å²) in [5.74, 6) is 0.113. The number of rotatable bonds is 7. The van der Waals surface area contributed by atoms with Crippen LogP contribution in [0.5, 0.6) is 0 Å². The van der Waals surface area contributed by atoms with Crippen molar-refractivity contribution in [2.24, 2.45) is 0 Å². The van der Waals surface area contributed by atoms with Gasteiger partial charge in [-0.25, -0.2) is 0 Å². The minimum atomic E-state index is 0.113. The molecule has 0 aromatic heterocycles. The van der Waals surface area contributed by atoms with E-state index in [1.807, 2.05) is 29.2 Å². The van der Waals surface area contributed by atoms with Gasteiger partial charge in [0, 0.05) is 24.8 Å². The lowest BCUT2D eigenvalue weighted by Gasteiger charge is -2.22. The molecule has 0 unspecified atom stereocenters. The van der Waals surface area contributed by atoms with Gasteiger partial charge in [0.25, 0.3) is 5.91 Å². The monoisotopic (exact) mass is 258 g/mol. The number of amides is 1. The van der Waals surface area contributed by atoms with E-state index in [2.05, 4.69) is 18.8 Å². The summed E-state index contributed by atoms with van der Waals surface area (Å²) in [6.45, 7) is 7.38. The van der Waals surface area contributed by atoms with Crippen LogP contribution in [0, 0.1) is 0 Å². The third kappa shape index (κ3) is 3.37. The van der Waals surface area contributed by atoms with Gasteiger partial charge < -0.3 is 10.2 Å². The van der Waals surface area contributed by atoms with Gasteiger partial charge in [0.05, 0.1) is 5.56 Å². The molecule has 19 heavy (non-hydrogen) atoms. The molecular formula is C16H22N2O. The fraction of sp³-hybridized carbons (Fsp3) is 0.438. The summed E-state index contributed by atoms with van der Waals surface area (Å²) in [6.07, 6.45) is 5.08. The van der Waals surface area contributed by atoms with E-state index < -0.39 is 0 Å². The van der Waals surface area contributed by atoms with Crippen molar-refractivity contribution in [1.29, 1.82) is 0 Å². The molecule has 102 valence electrons. The Labute approximate surface area is 115 Å². The highest BCUT2D eigenvalue weighted by molar-refractivity contribution is 6.00. The third-order valence-corrected chi connectivity index (χ3v) is 3.30. The first-order valence-corrected chi connectivity index (χ1v) is 7.02. The van der Waals surface area contributed by atoms with Crippen molar-refractivity contribution in [3.8, 4) is 0 Å². The summed E-state index contributed by atoms with van der Waals surface area (Å²) in [5.41, 5.74) is 1.70. The first kappa shape index (κ1) is 13.7. The van der Waals surface area contributed by atoms with Crippen LogP contribution in [0.3, 0.4) is 0 Å². The van der Waals surface area contributed by atoms with Gasteiger partial charge in [0.1, 0.15) is 0 Å². The van der Waals surface area contributed by atoms with Crippen molar-refractivity contribution in [2.45, 2.75) is 32.2 Å². The Hall–Kier alpha value is -1.77. The maximum atomic E-state index is 12.6. The number of carbonyl (C=O) groups is 1. The molecule has 0 heterocycles. The molecule has 1 N–H and O–H groups in total. The molecule has 0 saturated heterocycles. The summed E-state index contributed by atoms with van der Waals surface area (Å²) in [5, 5.41) is 3.33. The molecule has 3 heteroatoms. The van der Waals surface area contributed by atoms with E-state index in [9.17, 15) is 4.79 Å². The minimum Gasteiger partial charge on any atom is -0.384 e. The largest absolute Gasteiger partial charge is 0.384 e. The second-order valence-corrected chi connectivity index (χ2v) is 4.95. The highest BCUT2D eigenvalue weighted by Gasteiger charge is 2.32. The van der Waals surface area contributed by atoms with Crippen molar-refractivity contribution in [3.63, 3.8) is 0 Å². The zero-order valence-corrected chi connectivity index (χ0v) is 11.6. The van der Waals surface area contributed by atoms with Crippen LogP contribution in [-0.4, -0.2) is 29.9 Å². The number of hydrogen-bond acceptors (Lipinski definition) is 2. The molecule has 1 aliphatic rings. The Morgan fingerprint density at radius 2 is 2.21 bits per heavy atom. The number of hydrogen-bond donors (Lipinski definition) is 1. The van der Waals surface area contributed by atoms with Gasteiger partial charge in [-0.15, -0.1) is 6.58 Å². The van der Waals surface area contributed by atoms with Gasteiger partial charge in [-0.1, -0.05) is 25.1 Å². The molecule has 1 aromatic carbocycles. The molecule has 1 fully saturated rings. The van der Waals surface area contributed by atoms with Crippen molar-refractivity contribution in [3.05, 3.63) is 42.5 Å². The van der Waals surface area contributed by atoms with Gasteiger partial charge in [0.15, 0.2) is 0 Å². The molecule has 3 nitrogen and oxygen atoms in total. The van der Waals surface area contributed by atoms with Gasteiger partial charge in [-0.3, -0.25) is 4.79 Å². The molecule has 0 bridgehead atoms. The Morgan fingerprint density at radius 1 is 1.47 bits per heavy atom. The van der Waals surface area contributed by atoms with Crippen molar-refractivity contribution in [2.75, 3.05) is 18.4 Å². The lowest BCUT2D eigenvalue weighted by molar-refractivity contribution is 0.0763. The van der Waals surface area contributed by atoms with Crippen LogP contribution in [-0.2, 0) is 0 Å². The Bertz CT molecular complexity index is 452. The predicted octanol–water partition coefficient (Wildman–Crippen LogP) is 3.30. The van der Waals surface area contributed by atoms with E-state index >= 15 is 0 Å². The quantitative estimate of drug-likeness (QED) is 0.761. The highest BCUT2D eigenvalue weighted by atomic mass is 16.2. The molecule has 0 atom stereocenters. The first-order valence-electron chi connectivity index (χ1n) is 7.02. The van der Waals surface area contributed by atoms with Crippen LogP contribution >= 0.6 is 0 Å². The van der Waals surface area contributed by atoms with Crippen molar-refractivity contribution >= 4 is 11.6 Å². The SMILES string of the molecule is C=CCN(C(=O)c1ccccc1NCCC)C1CC1. The van der Waals surface area contributed by atoms with Crippen molar-refractivity contribution < 1.29 is 4.79 Å². The minimum absolute atomic E-state index is 0.113. The van der Waals surface area contributed by atoms with Gasteiger partial charge >= 0.3 is 0 Å². The van der Waals surface area contributed by atoms with E-state index in [1.165, 1.54) is 0 Å². The maximum Gasteiger partial charge on any atom is 0.256 e. The average Bonchev–Trinajstić information content (AvgIpc) is 3.26. The molecular weight excluding hydrogens is 236 g/mol. The van der Waals surface area contributed by atoms with Crippen LogP contribution in [0.1, 0.15) is 36.5 Å². The Balaban J connectivity index is 2.18. The van der Waals surface area contributed by atoms with E-state index in [-0.39, 0.29) is 5.91 Å². The number of carbonyl (C=O) groups excluding carboxylic acids is 1. The fourth-order valence-electron chi connectivity index (χ4n) is 2.16. The molecule has 0 aliphatic heterocycles. The van der Waals surface area contributed by atoms with Crippen LogP contribution in [0.2, 0.25) is 0 Å². The number of nitrogens with zero attached hydrogens (tertiary/aromatic N) is 1. The average molecular weight is 258 g/mol. The van der Waals surface area contributed by atoms with Gasteiger partial charge in [0.2, 0.25) is 0 Å². The molecule has 1 aromatic rings. The number of anilines is 1. The summed E-state index contributed by atoms with van der Waals surface area (Å²) in [6, 6.07) is 8.16. The lowest BCUT2D eigenvalue weighted by Crippen LogP contribution is -2.33. The topological polar surface area (TPSA) is 32.3 Å². The summed E-state index contributed by atoms with van der Waals surface area (Å²) < 4.78 is 0.